The number of rotatable bonds is 4. The van der Waals surface area contributed by atoms with E-state index in [1.165, 1.54) is 6.07 Å². The molecule has 0 bridgehead atoms. The van der Waals surface area contributed by atoms with Gasteiger partial charge >= 0.3 is 0 Å². The molecule has 1 aliphatic heterocycles. The average Bonchev–Trinajstić information content (AvgIpc) is 2.43. The fraction of sp³-hybridized carbons (Fsp3) is 0.571. The van der Waals surface area contributed by atoms with Crippen LogP contribution in [0.2, 0.25) is 0 Å². The van der Waals surface area contributed by atoms with Gasteiger partial charge in [0, 0.05) is 18.2 Å². The lowest BCUT2D eigenvalue weighted by atomic mass is 10.0. The minimum absolute atomic E-state index is 0. The summed E-state index contributed by atoms with van der Waals surface area (Å²) in [5, 5.41) is 14.4. The van der Waals surface area contributed by atoms with Crippen molar-refractivity contribution in [1.82, 2.24) is 10.0 Å². The van der Waals surface area contributed by atoms with Crippen molar-refractivity contribution in [3.63, 3.8) is 0 Å². The van der Waals surface area contributed by atoms with Crippen molar-refractivity contribution >= 4 is 28.1 Å². The van der Waals surface area contributed by atoms with Crippen molar-refractivity contribution < 1.29 is 13.3 Å². The zero-order valence-corrected chi connectivity index (χ0v) is 15.0. The molecule has 0 aromatic heterocycles. The first-order chi connectivity index (χ1) is 10.2. The van der Waals surface area contributed by atoms with E-state index in [4.69, 9.17) is 0 Å². The molecular weight excluding hydrogens is 342 g/mol. The molecule has 1 saturated heterocycles. The van der Waals surface area contributed by atoms with Crippen LogP contribution in [-0.4, -0.2) is 32.0 Å². The zero-order valence-electron chi connectivity index (χ0n) is 13.3. The lowest BCUT2D eigenvalue weighted by Gasteiger charge is -2.30. The molecule has 23 heavy (non-hydrogen) atoms. The minimum atomic E-state index is -3.95. The third kappa shape index (κ3) is 4.20. The number of piperidine rings is 1. The lowest BCUT2D eigenvalue weighted by Crippen LogP contribution is -2.51. The van der Waals surface area contributed by atoms with Crippen LogP contribution in [0.15, 0.2) is 17.0 Å². The van der Waals surface area contributed by atoms with Gasteiger partial charge in [0.05, 0.1) is 4.92 Å². The van der Waals surface area contributed by atoms with E-state index in [0.29, 0.717) is 17.5 Å². The monoisotopic (exact) mass is 363 g/mol. The van der Waals surface area contributed by atoms with Gasteiger partial charge in [0.25, 0.3) is 5.69 Å². The summed E-state index contributed by atoms with van der Waals surface area (Å²) < 4.78 is 28.0. The third-order valence-corrected chi connectivity index (χ3v) is 5.86. The third-order valence-electron chi connectivity index (χ3n) is 4.19. The Hall–Kier alpha value is -1.22. The number of halogens is 1. The van der Waals surface area contributed by atoms with E-state index >= 15 is 0 Å². The largest absolute Gasteiger partial charge is 0.313 e. The average molecular weight is 364 g/mol. The van der Waals surface area contributed by atoms with E-state index in [9.17, 15) is 18.5 Å². The first-order valence-corrected chi connectivity index (χ1v) is 8.72. The van der Waals surface area contributed by atoms with Gasteiger partial charge in [-0.05, 0) is 51.3 Å². The maximum atomic E-state index is 12.7. The highest BCUT2D eigenvalue weighted by molar-refractivity contribution is 7.89. The van der Waals surface area contributed by atoms with Gasteiger partial charge < -0.3 is 5.32 Å². The van der Waals surface area contributed by atoms with Gasteiger partial charge in [-0.1, -0.05) is 6.07 Å². The van der Waals surface area contributed by atoms with Crippen molar-refractivity contribution in [2.75, 3.05) is 6.54 Å². The second kappa shape index (κ2) is 7.57. The first-order valence-electron chi connectivity index (χ1n) is 7.24. The molecule has 1 aliphatic rings. The standard InChI is InChI=1S/C14H21N3O4S.ClH/c1-9-6-7-13(17(18)19)14(10(9)2)22(20,21)16-12-5-4-8-15-11(12)3;/h6-7,11-12,15-16H,4-5,8H2,1-3H3;1H. The molecule has 130 valence electrons. The molecule has 1 fully saturated rings. The Morgan fingerprint density at radius 1 is 1.35 bits per heavy atom. The van der Waals surface area contributed by atoms with E-state index in [2.05, 4.69) is 10.0 Å². The van der Waals surface area contributed by atoms with E-state index in [0.717, 1.165) is 13.0 Å². The van der Waals surface area contributed by atoms with Crippen LogP contribution in [0, 0.1) is 24.0 Å². The van der Waals surface area contributed by atoms with Gasteiger partial charge in [0.1, 0.15) is 0 Å². The first kappa shape index (κ1) is 19.8. The summed E-state index contributed by atoms with van der Waals surface area (Å²) in [5.41, 5.74) is 0.742. The smallest absolute Gasteiger partial charge is 0.289 e. The molecule has 0 aliphatic carbocycles. The van der Waals surface area contributed by atoms with Gasteiger partial charge in [-0.3, -0.25) is 10.1 Å². The number of hydrogen-bond acceptors (Lipinski definition) is 5. The van der Waals surface area contributed by atoms with Crippen molar-refractivity contribution in [2.45, 2.75) is 50.6 Å². The number of nitrogens with zero attached hydrogens (tertiary/aromatic N) is 1. The number of benzene rings is 1. The molecule has 0 spiro atoms. The quantitative estimate of drug-likeness (QED) is 0.629. The maximum Gasteiger partial charge on any atom is 0.289 e. The topological polar surface area (TPSA) is 101 Å². The second-order valence-electron chi connectivity index (χ2n) is 5.73. The Morgan fingerprint density at radius 2 is 2.00 bits per heavy atom. The Labute approximate surface area is 142 Å². The zero-order chi connectivity index (χ0) is 16.5. The molecule has 1 heterocycles. The summed E-state index contributed by atoms with van der Waals surface area (Å²) in [6.45, 7) is 6.09. The molecule has 7 nitrogen and oxygen atoms in total. The summed E-state index contributed by atoms with van der Waals surface area (Å²) >= 11 is 0. The van der Waals surface area contributed by atoms with Crippen LogP contribution in [0.3, 0.4) is 0 Å². The molecule has 1 aromatic carbocycles. The molecule has 0 radical (unpaired) electrons. The molecular formula is C14H22ClN3O4S. The van der Waals surface area contributed by atoms with Gasteiger partial charge in [-0.25, -0.2) is 13.1 Å². The number of nitro groups is 1. The Kier molecular flexibility index (Phi) is 6.52. The number of nitrogens with one attached hydrogen (secondary N) is 2. The highest BCUT2D eigenvalue weighted by Gasteiger charge is 2.33. The summed E-state index contributed by atoms with van der Waals surface area (Å²) in [6.07, 6.45) is 1.58. The van der Waals surface area contributed by atoms with E-state index in [1.807, 2.05) is 6.92 Å². The molecule has 2 N–H and O–H groups in total. The van der Waals surface area contributed by atoms with E-state index in [-0.39, 0.29) is 35.1 Å². The van der Waals surface area contributed by atoms with Crippen LogP contribution < -0.4 is 10.0 Å². The van der Waals surface area contributed by atoms with E-state index < -0.39 is 14.9 Å². The fourth-order valence-corrected chi connectivity index (χ4v) is 4.54. The second-order valence-corrected chi connectivity index (χ2v) is 7.38. The van der Waals surface area contributed by atoms with Crippen molar-refractivity contribution in [1.29, 1.82) is 0 Å². The molecule has 0 saturated carbocycles. The summed E-state index contributed by atoms with van der Waals surface area (Å²) in [5.74, 6) is 0. The molecule has 2 rings (SSSR count). The molecule has 0 amide bonds. The Morgan fingerprint density at radius 3 is 2.57 bits per heavy atom. The number of hydrogen-bond donors (Lipinski definition) is 2. The summed E-state index contributed by atoms with van der Waals surface area (Å²) in [4.78, 5) is 10.3. The highest BCUT2D eigenvalue weighted by atomic mass is 35.5. The van der Waals surface area contributed by atoms with Crippen LogP contribution in [0.25, 0.3) is 0 Å². The van der Waals surface area contributed by atoms with Crippen LogP contribution in [0.1, 0.15) is 30.9 Å². The molecule has 2 unspecified atom stereocenters. The minimum Gasteiger partial charge on any atom is -0.313 e. The van der Waals surface area contributed by atoms with Gasteiger partial charge in [-0.2, -0.15) is 0 Å². The van der Waals surface area contributed by atoms with Crippen LogP contribution in [0.5, 0.6) is 0 Å². The van der Waals surface area contributed by atoms with Crippen LogP contribution >= 0.6 is 12.4 Å². The molecule has 9 heteroatoms. The highest BCUT2D eigenvalue weighted by Crippen LogP contribution is 2.29. The predicted octanol–water partition coefficient (Wildman–Crippen LogP) is 2.05. The van der Waals surface area contributed by atoms with Crippen molar-refractivity contribution in [2.24, 2.45) is 0 Å². The molecule has 1 aromatic rings. The summed E-state index contributed by atoms with van der Waals surface area (Å²) in [7, 11) is -3.95. The van der Waals surface area contributed by atoms with Gasteiger partial charge in [0.2, 0.25) is 10.0 Å². The Balaban J connectivity index is 0.00000264. The normalized spacial score (nSPS) is 21.5. The predicted molar refractivity (Wildman–Crippen MR) is 90.6 cm³/mol. The maximum absolute atomic E-state index is 12.7. The Bertz CT molecular complexity index is 694. The SMILES string of the molecule is Cc1ccc([N+](=O)[O-])c(S(=O)(=O)NC2CCCNC2C)c1C.Cl. The fourth-order valence-electron chi connectivity index (χ4n) is 2.72. The number of nitro benzene ring substituents is 1. The van der Waals surface area contributed by atoms with Crippen LogP contribution in [0.4, 0.5) is 5.69 Å². The van der Waals surface area contributed by atoms with Crippen LogP contribution in [-0.2, 0) is 10.0 Å². The lowest BCUT2D eigenvalue weighted by molar-refractivity contribution is -0.387. The van der Waals surface area contributed by atoms with E-state index in [1.54, 1.807) is 19.9 Å². The van der Waals surface area contributed by atoms with Crippen molar-refractivity contribution in [3.8, 4) is 0 Å². The summed E-state index contributed by atoms with van der Waals surface area (Å²) in [6, 6.07) is 2.54. The number of aryl methyl sites for hydroxylation is 1. The number of sulfonamides is 1. The van der Waals surface area contributed by atoms with Gasteiger partial charge in [0.15, 0.2) is 4.90 Å². The molecule has 2 atom stereocenters. The van der Waals surface area contributed by atoms with Gasteiger partial charge in [-0.15, -0.1) is 12.4 Å². The van der Waals surface area contributed by atoms with Crippen molar-refractivity contribution in [3.05, 3.63) is 33.4 Å².